The first-order valence-electron chi connectivity index (χ1n) is 11.6. The van der Waals surface area contributed by atoms with Crippen LogP contribution in [-0.2, 0) is 16.0 Å². The van der Waals surface area contributed by atoms with E-state index in [1.165, 1.54) is 22.7 Å². The zero-order chi connectivity index (χ0) is 24.7. The Bertz CT molecular complexity index is 1270. The maximum atomic E-state index is 12.3. The number of nitrogens with one attached hydrogen (secondary N) is 3. The van der Waals surface area contributed by atoms with Crippen LogP contribution in [-0.4, -0.2) is 54.9 Å². The fourth-order valence-corrected chi connectivity index (χ4v) is 5.96. The second kappa shape index (κ2) is 11.4. The molecule has 14 heteroatoms. The van der Waals surface area contributed by atoms with Crippen LogP contribution in [0.15, 0.2) is 35.5 Å². The Morgan fingerprint density at radius 3 is 2.25 bits per heavy atom. The molecule has 1 aliphatic carbocycles. The Balaban J connectivity index is 1.15. The highest BCUT2D eigenvalue weighted by molar-refractivity contribution is 7.15. The van der Waals surface area contributed by atoms with Crippen LogP contribution in [0.3, 0.4) is 0 Å². The van der Waals surface area contributed by atoms with E-state index in [2.05, 4.69) is 51.3 Å². The van der Waals surface area contributed by atoms with Crippen LogP contribution in [0.5, 0.6) is 0 Å². The van der Waals surface area contributed by atoms with Crippen LogP contribution < -0.4 is 16.0 Å². The number of carbonyl (C=O) groups is 2. The lowest BCUT2D eigenvalue weighted by atomic mass is 9.82. The summed E-state index contributed by atoms with van der Waals surface area (Å²) in [5, 5.41) is 28.6. The van der Waals surface area contributed by atoms with Gasteiger partial charge in [0, 0.05) is 48.5 Å². The van der Waals surface area contributed by atoms with Crippen LogP contribution >= 0.6 is 22.7 Å². The summed E-state index contributed by atoms with van der Waals surface area (Å²) < 4.78 is 0. The first-order chi connectivity index (χ1) is 17.6. The molecule has 3 N–H and O–H groups in total. The lowest BCUT2D eigenvalue weighted by molar-refractivity contribution is -0.116. The quantitative estimate of drug-likeness (QED) is 0.402. The molecule has 0 unspecified atom stereocenters. The smallest absolute Gasteiger partial charge is 0.232 e. The van der Waals surface area contributed by atoms with E-state index in [4.69, 9.17) is 0 Å². The molecule has 0 aromatic carbocycles. The number of anilines is 2. The average molecular weight is 525 g/mol. The SMILES string of the molecule is O=C(CC1=CN=CCN1)Nc1nnc([C@H]2CCC[C@H](c3nnc(NC(=O)Cc4cnccn4)s3)C2)s1. The van der Waals surface area contributed by atoms with Gasteiger partial charge in [-0.2, -0.15) is 0 Å². The van der Waals surface area contributed by atoms with Crippen molar-refractivity contribution in [3.63, 3.8) is 0 Å². The zero-order valence-electron chi connectivity index (χ0n) is 19.3. The third-order valence-electron chi connectivity index (χ3n) is 5.81. The van der Waals surface area contributed by atoms with Crippen molar-refractivity contribution >= 4 is 51.0 Å². The lowest BCUT2D eigenvalue weighted by Crippen LogP contribution is -2.23. The number of rotatable bonds is 8. The van der Waals surface area contributed by atoms with Crippen LogP contribution in [0.1, 0.15) is 59.6 Å². The van der Waals surface area contributed by atoms with Gasteiger partial charge in [-0.1, -0.05) is 29.1 Å². The van der Waals surface area contributed by atoms with Gasteiger partial charge < -0.3 is 16.0 Å². The molecule has 5 rings (SSSR count). The van der Waals surface area contributed by atoms with Crippen molar-refractivity contribution in [2.24, 2.45) is 4.99 Å². The van der Waals surface area contributed by atoms with E-state index in [9.17, 15) is 9.59 Å². The van der Waals surface area contributed by atoms with E-state index in [0.29, 0.717) is 22.5 Å². The van der Waals surface area contributed by atoms with Crippen molar-refractivity contribution in [1.29, 1.82) is 0 Å². The number of aliphatic imine (C=N–C) groups is 1. The molecular formula is C22H24N10O2S2. The van der Waals surface area contributed by atoms with E-state index in [-0.39, 0.29) is 36.5 Å². The summed E-state index contributed by atoms with van der Waals surface area (Å²) in [6, 6.07) is 0. The number of amides is 2. The largest absolute Gasteiger partial charge is 0.382 e. The number of nitrogens with zero attached hydrogens (tertiary/aromatic N) is 7. The summed E-state index contributed by atoms with van der Waals surface area (Å²) in [6.07, 6.45) is 12.4. The highest BCUT2D eigenvalue weighted by Crippen LogP contribution is 2.43. The van der Waals surface area contributed by atoms with Crippen molar-refractivity contribution < 1.29 is 9.59 Å². The van der Waals surface area contributed by atoms with Gasteiger partial charge in [-0.3, -0.25) is 24.5 Å². The zero-order valence-corrected chi connectivity index (χ0v) is 20.9. The molecule has 0 bridgehead atoms. The van der Waals surface area contributed by atoms with Crippen LogP contribution in [0.25, 0.3) is 0 Å². The monoisotopic (exact) mass is 524 g/mol. The molecule has 0 spiro atoms. The molecule has 1 fully saturated rings. The highest BCUT2D eigenvalue weighted by Gasteiger charge is 2.29. The summed E-state index contributed by atoms with van der Waals surface area (Å²) in [7, 11) is 0. The molecule has 0 saturated heterocycles. The highest BCUT2D eigenvalue weighted by atomic mass is 32.1. The minimum atomic E-state index is -0.202. The van der Waals surface area contributed by atoms with Gasteiger partial charge in [-0.25, -0.2) is 0 Å². The molecule has 4 heterocycles. The molecule has 12 nitrogen and oxygen atoms in total. The van der Waals surface area contributed by atoms with Gasteiger partial charge in [-0.05, 0) is 19.3 Å². The fourth-order valence-electron chi connectivity index (χ4n) is 4.15. The third kappa shape index (κ3) is 6.31. The molecule has 2 aliphatic rings. The molecule has 0 radical (unpaired) electrons. The fraction of sp³-hybridized carbons (Fsp3) is 0.409. The second-order valence-corrected chi connectivity index (χ2v) is 10.5. The predicted molar refractivity (Wildman–Crippen MR) is 136 cm³/mol. The standard InChI is InChI=1S/C22H24N10O2S2/c33-17(9-15-11-23-4-6-25-15)27-21-31-29-19(35-21)13-2-1-3-14(8-13)20-30-32-22(36-20)28-18(34)10-16-12-24-5-7-26-16/h4-6,11-14,26H,1-3,7-10H2,(H,27,31,33)(H,28,32,34)/t13-,14-/m0/s1. The van der Waals surface area contributed by atoms with Crippen molar-refractivity contribution in [3.05, 3.63) is 46.2 Å². The minimum Gasteiger partial charge on any atom is -0.382 e. The Hall–Kier alpha value is -3.65. The summed E-state index contributed by atoms with van der Waals surface area (Å²) in [4.78, 5) is 36.8. The number of hydrogen-bond acceptors (Lipinski definition) is 12. The topological polar surface area (TPSA) is 160 Å². The summed E-state index contributed by atoms with van der Waals surface area (Å²) in [5.74, 6) is 0.116. The van der Waals surface area contributed by atoms with Crippen molar-refractivity contribution in [1.82, 2.24) is 35.7 Å². The minimum absolute atomic E-state index is 0.131. The van der Waals surface area contributed by atoms with E-state index in [1.807, 2.05) is 0 Å². The van der Waals surface area contributed by atoms with E-state index in [0.717, 1.165) is 41.4 Å². The van der Waals surface area contributed by atoms with Gasteiger partial charge in [0.2, 0.25) is 22.1 Å². The van der Waals surface area contributed by atoms with E-state index in [1.54, 1.807) is 31.0 Å². The first kappa shape index (κ1) is 24.1. The summed E-state index contributed by atoms with van der Waals surface area (Å²) in [6.45, 7) is 0.621. The number of aromatic nitrogens is 6. The maximum Gasteiger partial charge on any atom is 0.232 e. The number of carbonyl (C=O) groups excluding carboxylic acids is 2. The Kier molecular flexibility index (Phi) is 7.61. The maximum absolute atomic E-state index is 12.3. The van der Waals surface area contributed by atoms with Crippen molar-refractivity contribution in [3.8, 4) is 0 Å². The molecular weight excluding hydrogens is 500 g/mol. The summed E-state index contributed by atoms with van der Waals surface area (Å²) >= 11 is 2.82. The molecule has 186 valence electrons. The van der Waals surface area contributed by atoms with Gasteiger partial charge >= 0.3 is 0 Å². The number of hydrogen-bond donors (Lipinski definition) is 3. The lowest BCUT2D eigenvalue weighted by Gasteiger charge is -2.25. The second-order valence-electron chi connectivity index (χ2n) is 8.46. The molecule has 2 atom stereocenters. The Labute approximate surface area is 214 Å². The van der Waals surface area contributed by atoms with Crippen LogP contribution in [0.4, 0.5) is 10.3 Å². The van der Waals surface area contributed by atoms with Gasteiger partial charge in [0.25, 0.3) is 0 Å². The van der Waals surface area contributed by atoms with Gasteiger partial charge in [0.15, 0.2) is 0 Å². The van der Waals surface area contributed by atoms with Gasteiger partial charge in [0.1, 0.15) is 10.0 Å². The normalized spacial score (nSPS) is 19.3. The van der Waals surface area contributed by atoms with Crippen molar-refractivity contribution in [2.75, 3.05) is 17.2 Å². The molecule has 1 aliphatic heterocycles. The van der Waals surface area contributed by atoms with E-state index < -0.39 is 0 Å². The third-order valence-corrected chi connectivity index (χ3v) is 7.81. The van der Waals surface area contributed by atoms with Crippen LogP contribution in [0, 0.1) is 0 Å². The Morgan fingerprint density at radius 1 is 0.944 bits per heavy atom. The average Bonchev–Trinajstić information content (AvgIpc) is 3.55. The summed E-state index contributed by atoms with van der Waals surface area (Å²) in [5.41, 5.74) is 1.37. The van der Waals surface area contributed by atoms with Gasteiger partial charge in [-0.15, -0.1) is 20.4 Å². The molecule has 3 aromatic heterocycles. The van der Waals surface area contributed by atoms with Gasteiger partial charge in [0.05, 0.1) is 25.1 Å². The molecule has 36 heavy (non-hydrogen) atoms. The molecule has 1 saturated carbocycles. The predicted octanol–water partition coefficient (Wildman–Crippen LogP) is 2.65. The first-order valence-corrected chi connectivity index (χ1v) is 13.2. The van der Waals surface area contributed by atoms with E-state index >= 15 is 0 Å². The Morgan fingerprint density at radius 2 is 1.64 bits per heavy atom. The van der Waals surface area contributed by atoms with Crippen LogP contribution in [0.2, 0.25) is 0 Å². The molecule has 3 aromatic rings. The molecule has 2 amide bonds. The van der Waals surface area contributed by atoms with Crippen molar-refractivity contribution in [2.45, 2.75) is 50.4 Å².